The lowest BCUT2D eigenvalue weighted by Crippen LogP contribution is -2.40. The molecule has 1 aromatic rings. The second-order valence-electron chi connectivity index (χ2n) is 4.21. The number of nitrogens with zero attached hydrogens (tertiary/aromatic N) is 2. The summed E-state index contributed by atoms with van der Waals surface area (Å²) in [6.07, 6.45) is 0. The number of hydrogen-bond donors (Lipinski definition) is 0. The number of rotatable bonds is 4. The second kappa shape index (κ2) is 6.91. The van der Waals surface area contributed by atoms with Gasteiger partial charge in [0, 0.05) is 25.1 Å². The molecule has 0 aliphatic heterocycles. The van der Waals surface area contributed by atoms with Gasteiger partial charge in [-0.05, 0) is 35.0 Å². The van der Waals surface area contributed by atoms with E-state index in [4.69, 9.17) is 11.6 Å². The van der Waals surface area contributed by atoms with Crippen molar-refractivity contribution >= 4 is 39.3 Å². The number of carbonyl (C=O) groups is 2. The van der Waals surface area contributed by atoms with E-state index in [1.807, 2.05) is 6.92 Å². The van der Waals surface area contributed by atoms with Crippen LogP contribution in [0.3, 0.4) is 0 Å². The van der Waals surface area contributed by atoms with E-state index in [-0.39, 0.29) is 18.4 Å². The van der Waals surface area contributed by atoms with E-state index in [0.29, 0.717) is 21.6 Å². The lowest BCUT2D eigenvalue weighted by Gasteiger charge is -2.22. The molecule has 0 bridgehead atoms. The van der Waals surface area contributed by atoms with Gasteiger partial charge in [-0.2, -0.15) is 0 Å². The van der Waals surface area contributed by atoms with Crippen LogP contribution in [-0.4, -0.2) is 48.8 Å². The van der Waals surface area contributed by atoms with E-state index in [1.165, 1.54) is 9.80 Å². The van der Waals surface area contributed by atoms with Gasteiger partial charge in [-0.15, -0.1) is 0 Å². The minimum absolute atomic E-state index is 0.0468. The van der Waals surface area contributed by atoms with Gasteiger partial charge in [-0.25, -0.2) is 0 Å². The van der Waals surface area contributed by atoms with Crippen LogP contribution in [0, 0.1) is 0 Å². The summed E-state index contributed by atoms with van der Waals surface area (Å²) in [6, 6.07) is 5.16. The molecule has 0 aliphatic rings. The zero-order valence-electron chi connectivity index (χ0n) is 11.1. The highest BCUT2D eigenvalue weighted by Gasteiger charge is 2.21. The molecule has 1 rings (SSSR count). The van der Waals surface area contributed by atoms with Crippen molar-refractivity contribution in [3.63, 3.8) is 0 Å². The fourth-order valence-corrected chi connectivity index (χ4v) is 2.04. The normalized spacial score (nSPS) is 10.2. The van der Waals surface area contributed by atoms with Crippen LogP contribution in [0.2, 0.25) is 5.02 Å². The quantitative estimate of drug-likeness (QED) is 0.840. The molecule has 0 unspecified atom stereocenters. The van der Waals surface area contributed by atoms with Crippen molar-refractivity contribution in [2.24, 2.45) is 0 Å². The average Bonchev–Trinajstić information content (AvgIpc) is 2.38. The van der Waals surface area contributed by atoms with Gasteiger partial charge in [-0.1, -0.05) is 17.7 Å². The number of benzene rings is 1. The van der Waals surface area contributed by atoms with Crippen LogP contribution in [0.5, 0.6) is 0 Å². The first-order valence-corrected chi connectivity index (χ1v) is 6.99. The van der Waals surface area contributed by atoms with E-state index in [1.54, 1.807) is 32.3 Å². The Morgan fingerprint density at radius 2 is 1.95 bits per heavy atom. The lowest BCUT2D eigenvalue weighted by atomic mass is 10.2. The van der Waals surface area contributed by atoms with Gasteiger partial charge in [0.25, 0.3) is 5.91 Å². The molecule has 0 saturated heterocycles. The Hall–Kier alpha value is -1.07. The summed E-state index contributed by atoms with van der Waals surface area (Å²) in [5, 5.41) is 0.364. The van der Waals surface area contributed by atoms with Crippen molar-refractivity contribution in [3.8, 4) is 0 Å². The maximum absolute atomic E-state index is 12.4. The van der Waals surface area contributed by atoms with E-state index in [2.05, 4.69) is 15.9 Å². The molecule has 0 heterocycles. The molecule has 0 N–H and O–H groups in total. The highest BCUT2D eigenvalue weighted by Crippen LogP contribution is 2.26. The maximum Gasteiger partial charge on any atom is 0.255 e. The van der Waals surface area contributed by atoms with Gasteiger partial charge in [0.05, 0.1) is 17.1 Å². The third-order valence-corrected chi connectivity index (χ3v) is 3.97. The zero-order valence-corrected chi connectivity index (χ0v) is 13.5. The Labute approximate surface area is 126 Å². The van der Waals surface area contributed by atoms with Crippen LogP contribution in [0.25, 0.3) is 0 Å². The summed E-state index contributed by atoms with van der Waals surface area (Å²) in [7, 11) is 3.32. The summed E-state index contributed by atoms with van der Waals surface area (Å²) >= 11 is 9.38. The standard InChI is InChI=1S/C13H16BrClN2O2/c1-4-17(8-11(18)16(2)3)13(19)9-6-5-7-10(14)12(9)15/h5-7H,4,8H2,1-3H3. The first kappa shape index (κ1) is 16.0. The van der Waals surface area contributed by atoms with E-state index in [0.717, 1.165) is 0 Å². The average molecular weight is 348 g/mol. The summed E-state index contributed by atoms with van der Waals surface area (Å²) < 4.78 is 0.662. The zero-order chi connectivity index (χ0) is 14.6. The summed E-state index contributed by atoms with van der Waals surface area (Å²) in [5.41, 5.74) is 0.393. The highest BCUT2D eigenvalue weighted by molar-refractivity contribution is 9.10. The van der Waals surface area contributed by atoms with Gasteiger partial charge in [-0.3, -0.25) is 9.59 Å². The molecule has 1 aromatic carbocycles. The molecule has 0 radical (unpaired) electrons. The molecular weight excluding hydrogens is 332 g/mol. The minimum Gasteiger partial charge on any atom is -0.347 e. The number of amides is 2. The Kier molecular flexibility index (Phi) is 5.82. The van der Waals surface area contributed by atoms with E-state index in [9.17, 15) is 9.59 Å². The Morgan fingerprint density at radius 3 is 2.47 bits per heavy atom. The molecule has 0 aromatic heterocycles. The molecule has 104 valence electrons. The largest absolute Gasteiger partial charge is 0.347 e. The molecule has 0 saturated carbocycles. The molecule has 4 nitrogen and oxygen atoms in total. The summed E-state index contributed by atoms with van der Waals surface area (Å²) in [4.78, 5) is 27.0. The third-order valence-electron chi connectivity index (χ3n) is 2.68. The molecule has 0 aliphatic carbocycles. The highest BCUT2D eigenvalue weighted by atomic mass is 79.9. The third kappa shape index (κ3) is 3.94. The first-order valence-electron chi connectivity index (χ1n) is 5.81. The van der Waals surface area contributed by atoms with E-state index >= 15 is 0 Å². The predicted octanol–water partition coefficient (Wildman–Crippen LogP) is 2.65. The van der Waals surface area contributed by atoms with Crippen molar-refractivity contribution in [1.82, 2.24) is 9.80 Å². The van der Waals surface area contributed by atoms with Gasteiger partial charge in [0.1, 0.15) is 0 Å². The van der Waals surface area contributed by atoms with Crippen LogP contribution in [-0.2, 0) is 4.79 Å². The van der Waals surface area contributed by atoms with Gasteiger partial charge >= 0.3 is 0 Å². The smallest absolute Gasteiger partial charge is 0.255 e. The van der Waals surface area contributed by atoms with Crippen LogP contribution >= 0.6 is 27.5 Å². The summed E-state index contributed by atoms with van der Waals surface area (Å²) in [5.74, 6) is -0.370. The minimum atomic E-state index is -0.246. The predicted molar refractivity (Wildman–Crippen MR) is 79.4 cm³/mol. The molecular formula is C13H16BrClN2O2. The summed E-state index contributed by atoms with van der Waals surface area (Å²) in [6.45, 7) is 2.32. The van der Waals surface area contributed by atoms with Crippen LogP contribution in [0.4, 0.5) is 0 Å². The Bertz CT molecular complexity index is 492. The molecule has 19 heavy (non-hydrogen) atoms. The maximum atomic E-state index is 12.4. The number of hydrogen-bond acceptors (Lipinski definition) is 2. The van der Waals surface area contributed by atoms with Crippen molar-refractivity contribution in [2.45, 2.75) is 6.92 Å². The fourth-order valence-electron chi connectivity index (χ4n) is 1.47. The fraction of sp³-hybridized carbons (Fsp3) is 0.385. The number of likely N-dealkylation sites (N-methyl/N-ethyl adjacent to an activating group) is 2. The van der Waals surface area contributed by atoms with Crippen molar-refractivity contribution in [2.75, 3.05) is 27.2 Å². The second-order valence-corrected chi connectivity index (χ2v) is 5.44. The van der Waals surface area contributed by atoms with Gasteiger partial charge in [0.15, 0.2) is 0 Å². The van der Waals surface area contributed by atoms with Crippen LogP contribution in [0.1, 0.15) is 17.3 Å². The Morgan fingerprint density at radius 1 is 1.32 bits per heavy atom. The van der Waals surface area contributed by atoms with Crippen molar-refractivity contribution in [1.29, 1.82) is 0 Å². The lowest BCUT2D eigenvalue weighted by molar-refractivity contribution is -0.129. The molecule has 0 atom stereocenters. The monoisotopic (exact) mass is 346 g/mol. The van der Waals surface area contributed by atoms with Crippen molar-refractivity contribution in [3.05, 3.63) is 33.3 Å². The number of halogens is 2. The van der Waals surface area contributed by atoms with Gasteiger partial charge in [0.2, 0.25) is 5.91 Å². The Balaban J connectivity index is 2.96. The first-order chi connectivity index (χ1) is 8.88. The van der Waals surface area contributed by atoms with Crippen LogP contribution in [0.15, 0.2) is 22.7 Å². The molecule has 0 fully saturated rings. The molecule has 0 spiro atoms. The van der Waals surface area contributed by atoms with Gasteiger partial charge < -0.3 is 9.80 Å². The number of carbonyl (C=O) groups excluding carboxylic acids is 2. The van der Waals surface area contributed by atoms with E-state index < -0.39 is 0 Å². The molecule has 6 heteroatoms. The van der Waals surface area contributed by atoms with Crippen LogP contribution < -0.4 is 0 Å². The SMILES string of the molecule is CCN(CC(=O)N(C)C)C(=O)c1cccc(Br)c1Cl. The molecule has 2 amide bonds. The van der Waals surface area contributed by atoms with Crippen molar-refractivity contribution < 1.29 is 9.59 Å². The topological polar surface area (TPSA) is 40.6 Å².